The lowest BCUT2D eigenvalue weighted by Crippen LogP contribution is -2.63. The molecule has 1 N–H and O–H groups in total. The Hall–Kier alpha value is -0.810. The number of hydrogen-bond acceptors (Lipinski definition) is 3. The third-order valence-corrected chi connectivity index (χ3v) is 2.74. The summed E-state index contributed by atoms with van der Waals surface area (Å²) in [6.45, 7) is 1.56. The Labute approximate surface area is 76.2 Å². The van der Waals surface area contributed by atoms with Crippen molar-refractivity contribution in [1.82, 2.24) is 4.90 Å². The maximum absolute atomic E-state index is 10.5. The SMILES string of the molecule is CO[C@@H]1COC2(C1)CN(C(=O)O)C2. The molecule has 0 aromatic carbocycles. The number of likely N-dealkylation sites (tertiary alicyclic amines) is 1. The molecule has 1 spiro atoms. The van der Waals surface area contributed by atoms with Gasteiger partial charge in [0, 0.05) is 13.5 Å². The van der Waals surface area contributed by atoms with E-state index in [0.717, 1.165) is 6.42 Å². The van der Waals surface area contributed by atoms with E-state index in [4.69, 9.17) is 14.6 Å². The molecule has 0 unspecified atom stereocenters. The van der Waals surface area contributed by atoms with Gasteiger partial charge in [0.15, 0.2) is 0 Å². The fraction of sp³-hybridized carbons (Fsp3) is 0.875. The van der Waals surface area contributed by atoms with Gasteiger partial charge in [-0.15, -0.1) is 0 Å². The molecule has 2 heterocycles. The highest BCUT2D eigenvalue weighted by Gasteiger charge is 2.51. The van der Waals surface area contributed by atoms with Crippen LogP contribution in [0, 0.1) is 0 Å². The maximum atomic E-state index is 10.5. The summed E-state index contributed by atoms with van der Waals surface area (Å²) in [6.07, 6.45) is 0.0823. The highest BCUT2D eigenvalue weighted by Crippen LogP contribution is 2.35. The van der Waals surface area contributed by atoms with Crippen LogP contribution in [-0.4, -0.2) is 54.6 Å². The topological polar surface area (TPSA) is 59.0 Å². The van der Waals surface area contributed by atoms with E-state index in [0.29, 0.717) is 19.7 Å². The van der Waals surface area contributed by atoms with Crippen molar-refractivity contribution in [3.63, 3.8) is 0 Å². The number of carboxylic acid groups (broad SMARTS) is 1. The molecule has 0 aromatic rings. The zero-order chi connectivity index (χ0) is 9.47. The minimum absolute atomic E-state index is 0.135. The van der Waals surface area contributed by atoms with Crippen LogP contribution >= 0.6 is 0 Å². The molecule has 1 atom stereocenters. The molecule has 13 heavy (non-hydrogen) atoms. The second-order valence-corrected chi connectivity index (χ2v) is 3.69. The largest absolute Gasteiger partial charge is 0.465 e. The molecule has 2 rings (SSSR count). The van der Waals surface area contributed by atoms with Crippen molar-refractivity contribution < 1.29 is 19.4 Å². The first-order chi connectivity index (χ1) is 6.15. The van der Waals surface area contributed by atoms with Crippen LogP contribution in [0.15, 0.2) is 0 Å². The molecule has 0 bridgehead atoms. The minimum atomic E-state index is -0.866. The lowest BCUT2D eigenvalue weighted by Gasteiger charge is -2.45. The summed E-state index contributed by atoms with van der Waals surface area (Å²) in [5, 5.41) is 8.64. The van der Waals surface area contributed by atoms with Gasteiger partial charge in [0.2, 0.25) is 0 Å². The summed E-state index contributed by atoms with van der Waals surface area (Å²) >= 11 is 0. The number of nitrogens with zero attached hydrogens (tertiary/aromatic N) is 1. The van der Waals surface area contributed by atoms with E-state index >= 15 is 0 Å². The minimum Gasteiger partial charge on any atom is -0.465 e. The Balaban J connectivity index is 1.87. The Morgan fingerprint density at radius 3 is 2.85 bits per heavy atom. The van der Waals surface area contributed by atoms with Crippen LogP contribution < -0.4 is 0 Å². The second kappa shape index (κ2) is 2.85. The molecule has 0 radical (unpaired) electrons. The fourth-order valence-corrected chi connectivity index (χ4v) is 1.96. The summed E-state index contributed by atoms with van der Waals surface area (Å²) in [5.41, 5.74) is -0.237. The summed E-state index contributed by atoms with van der Waals surface area (Å²) in [6, 6.07) is 0. The Morgan fingerprint density at radius 2 is 2.38 bits per heavy atom. The third kappa shape index (κ3) is 1.38. The Bertz CT molecular complexity index is 224. The number of ether oxygens (including phenoxy) is 2. The van der Waals surface area contributed by atoms with Crippen LogP contribution in [-0.2, 0) is 9.47 Å². The van der Waals surface area contributed by atoms with E-state index in [2.05, 4.69) is 0 Å². The van der Waals surface area contributed by atoms with Gasteiger partial charge in [-0.05, 0) is 0 Å². The maximum Gasteiger partial charge on any atom is 0.407 e. The van der Waals surface area contributed by atoms with Crippen molar-refractivity contribution in [2.24, 2.45) is 0 Å². The van der Waals surface area contributed by atoms with E-state index in [1.54, 1.807) is 7.11 Å². The normalized spacial score (nSPS) is 30.5. The van der Waals surface area contributed by atoms with Crippen LogP contribution in [0.4, 0.5) is 4.79 Å². The van der Waals surface area contributed by atoms with Gasteiger partial charge in [0.05, 0.1) is 25.8 Å². The molecule has 5 nitrogen and oxygen atoms in total. The predicted octanol–water partition coefficient (Wildman–Crippen LogP) is 0.154. The van der Waals surface area contributed by atoms with Gasteiger partial charge in [-0.2, -0.15) is 0 Å². The smallest absolute Gasteiger partial charge is 0.407 e. The number of carbonyl (C=O) groups is 1. The van der Waals surface area contributed by atoms with Crippen molar-refractivity contribution in [3.8, 4) is 0 Å². The third-order valence-electron chi connectivity index (χ3n) is 2.74. The van der Waals surface area contributed by atoms with Crippen LogP contribution in [0.1, 0.15) is 6.42 Å². The highest BCUT2D eigenvalue weighted by molar-refractivity contribution is 5.66. The van der Waals surface area contributed by atoms with Crippen molar-refractivity contribution in [2.45, 2.75) is 18.1 Å². The average Bonchev–Trinajstić information content (AvgIpc) is 2.44. The first kappa shape index (κ1) is 8.77. The highest BCUT2D eigenvalue weighted by atomic mass is 16.6. The number of hydrogen-bond donors (Lipinski definition) is 1. The van der Waals surface area contributed by atoms with Crippen molar-refractivity contribution >= 4 is 6.09 Å². The number of amides is 1. The first-order valence-electron chi connectivity index (χ1n) is 4.30. The lowest BCUT2D eigenvalue weighted by molar-refractivity contribution is -0.0983. The second-order valence-electron chi connectivity index (χ2n) is 3.69. The number of rotatable bonds is 1. The van der Waals surface area contributed by atoms with Crippen LogP contribution in [0.25, 0.3) is 0 Å². The molecule has 2 fully saturated rings. The van der Waals surface area contributed by atoms with Crippen molar-refractivity contribution in [1.29, 1.82) is 0 Å². The first-order valence-corrected chi connectivity index (χ1v) is 4.30. The number of methoxy groups -OCH3 is 1. The van der Waals surface area contributed by atoms with Crippen LogP contribution in [0.2, 0.25) is 0 Å². The molecule has 0 aliphatic carbocycles. The summed E-state index contributed by atoms with van der Waals surface area (Å²) < 4.78 is 10.7. The Kier molecular flexibility index (Phi) is 1.92. The summed E-state index contributed by atoms with van der Waals surface area (Å²) in [4.78, 5) is 11.9. The molecule has 5 heteroatoms. The molecule has 0 saturated carbocycles. The van der Waals surface area contributed by atoms with Gasteiger partial charge in [-0.1, -0.05) is 0 Å². The standard InChI is InChI=1S/C8H13NO4/c1-12-6-2-8(13-3-6)4-9(5-8)7(10)11/h6H,2-5H2,1H3,(H,10,11)/t6-/m0/s1. The van der Waals surface area contributed by atoms with Gasteiger partial charge < -0.3 is 19.5 Å². The van der Waals surface area contributed by atoms with Gasteiger partial charge in [0.1, 0.15) is 5.60 Å². The molecule has 0 aromatic heterocycles. The predicted molar refractivity (Wildman–Crippen MR) is 43.7 cm³/mol. The van der Waals surface area contributed by atoms with E-state index in [1.807, 2.05) is 0 Å². The van der Waals surface area contributed by atoms with E-state index in [9.17, 15) is 4.79 Å². The molecular formula is C8H13NO4. The molecule has 2 aliphatic rings. The molecule has 2 saturated heterocycles. The van der Waals surface area contributed by atoms with E-state index < -0.39 is 6.09 Å². The quantitative estimate of drug-likeness (QED) is 0.635. The molecule has 1 amide bonds. The summed E-state index contributed by atoms with van der Waals surface area (Å²) in [5.74, 6) is 0. The lowest BCUT2D eigenvalue weighted by atomic mass is 9.90. The van der Waals surface area contributed by atoms with Crippen LogP contribution in [0.3, 0.4) is 0 Å². The van der Waals surface area contributed by atoms with Gasteiger partial charge in [-0.25, -0.2) is 4.79 Å². The van der Waals surface area contributed by atoms with Crippen LogP contribution in [0.5, 0.6) is 0 Å². The molecule has 74 valence electrons. The zero-order valence-electron chi connectivity index (χ0n) is 7.52. The van der Waals surface area contributed by atoms with Crippen molar-refractivity contribution in [2.75, 3.05) is 26.8 Å². The molecular weight excluding hydrogens is 174 g/mol. The average molecular weight is 187 g/mol. The van der Waals surface area contributed by atoms with Gasteiger partial charge in [-0.3, -0.25) is 0 Å². The van der Waals surface area contributed by atoms with Gasteiger partial charge in [0.25, 0.3) is 0 Å². The van der Waals surface area contributed by atoms with Gasteiger partial charge >= 0.3 is 6.09 Å². The van der Waals surface area contributed by atoms with Crippen molar-refractivity contribution in [3.05, 3.63) is 0 Å². The zero-order valence-corrected chi connectivity index (χ0v) is 7.52. The molecule has 2 aliphatic heterocycles. The Morgan fingerprint density at radius 1 is 1.69 bits per heavy atom. The summed E-state index contributed by atoms with van der Waals surface area (Å²) in [7, 11) is 1.65. The van der Waals surface area contributed by atoms with E-state index in [1.165, 1.54) is 4.90 Å². The monoisotopic (exact) mass is 187 g/mol. The van der Waals surface area contributed by atoms with E-state index in [-0.39, 0.29) is 11.7 Å². The fourth-order valence-electron chi connectivity index (χ4n) is 1.96.